The third-order valence-electron chi connectivity index (χ3n) is 3.96. The number of rotatable bonds is 8. The quantitative estimate of drug-likeness (QED) is 0.685. The molecule has 0 aliphatic carbocycles. The Morgan fingerprint density at radius 1 is 1.15 bits per heavy atom. The molecule has 2 rings (SSSR count). The highest BCUT2D eigenvalue weighted by molar-refractivity contribution is 7.16. The van der Waals surface area contributed by atoms with Crippen LogP contribution in [0.15, 0.2) is 30.3 Å². The molecule has 0 bridgehead atoms. The van der Waals surface area contributed by atoms with Crippen LogP contribution in [0.5, 0.6) is 5.75 Å². The second-order valence-electron chi connectivity index (χ2n) is 5.73. The zero-order chi connectivity index (χ0) is 19.1. The molecule has 0 aliphatic rings. The molecule has 1 aromatic carbocycles. The number of hydrogen-bond donors (Lipinski definition) is 1. The van der Waals surface area contributed by atoms with E-state index in [2.05, 4.69) is 5.32 Å². The van der Waals surface area contributed by atoms with Gasteiger partial charge in [-0.15, -0.1) is 11.3 Å². The van der Waals surface area contributed by atoms with E-state index in [1.165, 1.54) is 11.3 Å². The van der Waals surface area contributed by atoms with Gasteiger partial charge in [-0.25, -0.2) is 4.79 Å². The molecule has 1 aromatic heterocycles. The van der Waals surface area contributed by atoms with E-state index in [1.54, 1.807) is 6.92 Å². The van der Waals surface area contributed by atoms with Crippen molar-refractivity contribution < 1.29 is 19.1 Å². The predicted octanol–water partition coefficient (Wildman–Crippen LogP) is 4.59. The maximum atomic E-state index is 12.7. The molecule has 0 aliphatic heterocycles. The minimum atomic E-state index is -0.639. The maximum Gasteiger partial charge on any atom is 0.341 e. The monoisotopic (exact) mass is 375 g/mol. The minimum Gasteiger partial charge on any atom is -0.481 e. The largest absolute Gasteiger partial charge is 0.481 e. The standard InChI is InChI=1S/C20H25NO4S/c1-5-15-13(4)26-19(17(15)20(23)24-7-3)21-18(22)16(6-2)25-14-11-9-8-10-12-14/h8-12,16H,5-7H2,1-4H3,(H,21,22)/t16-/m1/s1. The normalized spacial score (nSPS) is 11.7. The van der Waals surface area contributed by atoms with E-state index in [0.29, 0.717) is 35.8 Å². The Labute approximate surface area is 158 Å². The number of hydrogen-bond acceptors (Lipinski definition) is 5. The number of ether oxygens (including phenoxy) is 2. The van der Waals surface area contributed by atoms with E-state index in [0.717, 1.165) is 10.4 Å². The van der Waals surface area contributed by atoms with Gasteiger partial charge in [0.25, 0.3) is 5.91 Å². The Kier molecular flexibility index (Phi) is 7.21. The lowest BCUT2D eigenvalue weighted by molar-refractivity contribution is -0.122. The summed E-state index contributed by atoms with van der Waals surface area (Å²) in [6, 6.07) is 9.22. The van der Waals surface area contributed by atoms with Crippen LogP contribution in [0.4, 0.5) is 5.00 Å². The van der Waals surface area contributed by atoms with Gasteiger partial charge in [-0.1, -0.05) is 32.0 Å². The molecule has 2 aromatic rings. The summed E-state index contributed by atoms with van der Waals surface area (Å²) in [5, 5.41) is 3.40. The summed E-state index contributed by atoms with van der Waals surface area (Å²) in [4.78, 5) is 26.1. The van der Waals surface area contributed by atoms with Gasteiger partial charge in [-0.05, 0) is 44.4 Å². The third-order valence-corrected chi connectivity index (χ3v) is 5.03. The summed E-state index contributed by atoms with van der Waals surface area (Å²) in [5.41, 5.74) is 1.38. The van der Waals surface area contributed by atoms with E-state index in [-0.39, 0.29) is 5.91 Å². The molecule has 1 N–H and O–H groups in total. The molecule has 0 radical (unpaired) electrons. The summed E-state index contributed by atoms with van der Waals surface area (Å²) < 4.78 is 11.0. The molecule has 6 heteroatoms. The molecule has 26 heavy (non-hydrogen) atoms. The fourth-order valence-electron chi connectivity index (χ4n) is 2.69. The number of thiophene rings is 1. The van der Waals surface area contributed by atoms with E-state index in [4.69, 9.17) is 9.47 Å². The summed E-state index contributed by atoms with van der Waals surface area (Å²) in [6.45, 7) is 7.87. The first-order valence-corrected chi connectivity index (χ1v) is 9.65. The molecule has 0 saturated carbocycles. The van der Waals surface area contributed by atoms with Crippen molar-refractivity contribution in [1.29, 1.82) is 0 Å². The molecule has 5 nitrogen and oxygen atoms in total. The molecule has 1 heterocycles. The maximum absolute atomic E-state index is 12.7. The second-order valence-corrected chi connectivity index (χ2v) is 6.96. The van der Waals surface area contributed by atoms with Crippen molar-refractivity contribution in [3.05, 3.63) is 46.3 Å². The van der Waals surface area contributed by atoms with Gasteiger partial charge in [-0.3, -0.25) is 4.79 Å². The number of aryl methyl sites for hydroxylation is 1. The lowest BCUT2D eigenvalue weighted by Gasteiger charge is -2.17. The number of para-hydroxylation sites is 1. The number of carbonyl (C=O) groups excluding carboxylic acids is 2. The van der Waals surface area contributed by atoms with E-state index < -0.39 is 12.1 Å². The minimum absolute atomic E-state index is 0.272. The van der Waals surface area contributed by atoms with Gasteiger partial charge in [-0.2, -0.15) is 0 Å². The van der Waals surface area contributed by atoms with Crippen molar-refractivity contribution in [3.8, 4) is 5.75 Å². The smallest absolute Gasteiger partial charge is 0.341 e. The Hall–Kier alpha value is -2.34. The summed E-state index contributed by atoms with van der Waals surface area (Å²) in [7, 11) is 0. The molecule has 0 unspecified atom stereocenters. The molecular formula is C20H25NO4S. The van der Waals surface area contributed by atoms with Gasteiger partial charge in [0.2, 0.25) is 0 Å². The van der Waals surface area contributed by atoms with Crippen LogP contribution >= 0.6 is 11.3 Å². The van der Waals surface area contributed by atoms with E-state index >= 15 is 0 Å². The number of amides is 1. The van der Waals surface area contributed by atoms with Crippen LogP contribution in [0.25, 0.3) is 0 Å². The summed E-state index contributed by atoms with van der Waals surface area (Å²) in [6.07, 6.45) is 0.574. The lowest BCUT2D eigenvalue weighted by Crippen LogP contribution is -2.32. The number of benzene rings is 1. The highest BCUT2D eigenvalue weighted by Gasteiger charge is 2.26. The highest BCUT2D eigenvalue weighted by atomic mass is 32.1. The van der Waals surface area contributed by atoms with Crippen LogP contribution in [0.2, 0.25) is 0 Å². The van der Waals surface area contributed by atoms with Crippen molar-refractivity contribution in [3.63, 3.8) is 0 Å². The second kappa shape index (κ2) is 9.38. The number of carbonyl (C=O) groups is 2. The number of nitrogens with one attached hydrogen (secondary N) is 1. The van der Waals surface area contributed by atoms with Crippen LogP contribution in [-0.4, -0.2) is 24.6 Å². The first-order chi connectivity index (χ1) is 12.5. The topological polar surface area (TPSA) is 64.6 Å². The summed E-state index contributed by atoms with van der Waals surface area (Å²) in [5.74, 6) is -0.0384. The molecule has 140 valence electrons. The fourth-order valence-corrected chi connectivity index (χ4v) is 3.83. The lowest BCUT2D eigenvalue weighted by atomic mass is 10.1. The Balaban J connectivity index is 2.23. The van der Waals surface area contributed by atoms with Crippen LogP contribution in [0.1, 0.15) is 48.0 Å². The van der Waals surface area contributed by atoms with Crippen LogP contribution in [-0.2, 0) is 16.0 Å². The highest BCUT2D eigenvalue weighted by Crippen LogP contribution is 2.34. The van der Waals surface area contributed by atoms with Crippen molar-refractivity contribution in [1.82, 2.24) is 0 Å². The summed E-state index contributed by atoms with van der Waals surface area (Å²) >= 11 is 1.39. The van der Waals surface area contributed by atoms with E-state index in [1.807, 2.05) is 51.1 Å². The zero-order valence-corrected chi connectivity index (χ0v) is 16.4. The van der Waals surface area contributed by atoms with Gasteiger partial charge >= 0.3 is 5.97 Å². The van der Waals surface area contributed by atoms with Gasteiger partial charge < -0.3 is 14.8 Å². The zero-order valence-electron chi connectivity index (χ0n) is 15.6. The Bertz CT molecular complexity index is 755. The fraction of sp³-hybridized carbons (Fsp3) is 0.400. The first-order valence-electron chi connectivity index (χ1n) is 8.83. The van der Waals surface area contributed by atoms with Crippen LogP contribution < -0.4 is 10.1 Å². The van der Waals surface area contributed by atoms with Gasteiger partial charge in [0.05, 0.1) is 12.2 Å². The average molecular weight is 375 g/mol. The SMILES string of the molecule is CCOC(=O)c1c(NC(=O)[C@@H](CC)Oc2ccccc2)sc(C)c1CC. The molecule has 1 atom stereocenters. The van der Waals surface area contributed by atoms with Gasteiger partial charge in [0.1, 0.15) is 10.8 Å². The molecule has 0 fully saturated rings. The molecule has 0 spiro atoms. The average Bonchev–Trinajstić information content (AvgIpc) is 2.95. The number of esters is 1. The van der Waals surface area contributed by atoms with Gasteiger partial charge in [0.15, 0.2) is 6.10 Å². The molecule has 1 amide bonds. The Morgan fingerprint density at radius 3 is 2.42 bits per heavy atom. The molecule has 0 saturated heterocycles. The number of anilines is 1. The van der Waals surface area contributed by atoms with Crippen molar-refractivity contribution in [2.75, 3.05) is 11.9 Å². The van der Waals surface area contributed by atoms with Crippen molar-refractivity contribution in [2.45, 2.75) is 46.6 Å². The van der Waals surface area contributed by atoms with Crippen LogP contribution in [0.3, 0.4) is 0 Å². The van der Waals surface area contributed by atoms with Gasteiger partial charge in [0, 0.05) is 4.88 Å². The Morgan fingerprint density at radius 2 is 1.85 bits per heavy atom. The first kappa shape index (κ1) is 20.0. The van der Waals surface area contributed by atoms with Crippen LogP contribution in [0, 0.1) is 6.92 Å². The molecular weight excluding hydrogens is 350 g/mol. The third kappa shape index (κ3) is 4.64. The van der Waals surface area contributed by atoms with E-state index in [9.17, 15) is 9.59 Å². The van der Waals surface area contributed by atoms with Crippen molar-refractivity contribution in [2.24, 2.45) is 0 Å². The van der Waals surface area contributed by atoms with Crippen molar-refractivity contribution >= 4 is 28.2 Å². The predicted molar refractivity (Wildman–Crippen MR) is 104 cm³/mol.